The Kier molecular flexibility index (Phi) is 2.14. The van der Waals surface area contributed by atoms with Crippen LogP contribution in [0.2, 0.25) is 0 Å². The molecule has 14 heavy (non-hydrogen) atoms. The third-order valence-corrected chi connectivity index (χ3v) is 3.44. The Morgan fingerprint density at radius 3 is 2.64 bits per heavy atom. The molecular formula is C11H18N2O. The first kappa shape index (κ1) is 9.71. The van der Waals surface area contributed by atoms with Gasteiger partial charge in [0.15, 0.2) is 0 Å². The third kappa shape index (κ3) is 1.36. The zero-order valence-corrected chi connectivity index (χ0v) is 9.07. The molecule has 1 fully saturated rings. The van der Waals surface area contributed by atoms with E-state index in [4.69, 9.17) is 0 Å². The molecule has 1 aliphatic rings. The second-order valence-electron chi connectivity index (χ2n) is 4.78. The molecule has 0 aliphatic heterocycles. The lowest BCUT2D eigenvalue weighted by Crippen LogP contribution is -2.44. The second-order valence-corrected chi connectivity index (χ2v) is 4.78. The van der Waals surface area contributed by atoms with E-state index in [1.54, 1.807) is 10.9 Å². The molecule has 2 rings (SSSR count). The summed E-state index contributed by atoms with van der Waals surface area (Å²) in [5.41, 5.74) is 0.342. The van der Waals surface area contributed by atoms with Gasteiger partial charge in [-0.2, -0.15) is 5.10 Å². The van der Waals surface area contributed by atoms with Gasteiger partial charge in [-0.25, -0.2) is 0 Å². The molecule has 0 atom stereocenters. The largest absolute Gasteiger partial charge is 0.384 e. The fourth-order valence-electron chi connectivity index (χ4n) is 2.32. The summed E-state index contributed by atoms with van der Waals surface area (Å²) >= 11 is 0. The molecule has 0 unspecified atom stereocenters. The highest BCUT2D eigenvalue weighted by molar-refractivity contribution is 5.16. The van der Waals surface area contributed by atoms with Crippen LogP contribution < -0.4 is 0 Å². The normalized spacial score (nSPS) is 31.9. The number of hydrogen-bond acceptors (Lipinski definition) is 2. The van der Waals surface area contributed by atoms with Crippen LogP contribution in [-0.4, -0.2) is 14.9 Å². The maximum absolute atomic E-state index is 10.3. The molecule has 0 aromatic carbocycles. The smallest absolute Gasteiger partial charge is 0.107 e. The molecule has 1 aromatic rings. The van der Waals surface area contributed by atoms with Crippen molar-refractivity contribution in [3.05, 3.63) is 18.0 Å². The van der Waals surface area contributed by atoms with Gasteiger partial charge in [0.1, 0.15) is 5.60 Å². The van der Waals surface area contributed by atoms with Crippen molar-refractivity contribution >= 4 is 0 Å². The number of nitrogens with zero attached hydrogens (tertiary/aromatic N) is 2. The van der Waals surface area contributed by atoms with Gasteiger partial charge in [-0.15, -0.1) is 0 Å². The molecule has 0 radical (unpaired) electrons. The lowest BCUT2D eigenvalue weighted by Gasteiger charge is -2.45. The van der Waals surface area contributed by atoms with Crippen molar-refractivity contribution in [2.45, 2.75) is 32.3 Å². The van der Waals surface area contributed by atoms with E-state index in [1.165, 1.54) is 0 Å². The molecule has 0 spiro atoms. The second kappa shape index (κ2) is 3.09. The van der Waals surface area contributed by atoms with Crippen LogP contribution in [0.3, 0.4) is 0 Å². The van der Waals surface area contributed by atoms with Gasteiger partial charge in [0.25, 0.3) is 0 Å². The Morgan fingerprint density at radius 2 is 2.21 bits per heavy atom. The summed E-state index contributed by atoms with van der Waals surface area (Å²) in [4.78, 5) is 0. The first-order valence-electron chi connectivity index (χ1n) is 5.24. The summed E-state index contributed by atoms with van der Waals surface area (Å²) in [6, 6.07) is 1.91. The fraction of sp³-hybridized carbons (Fsp3) is 0.727. The Balaban J connectivity index is 2.11. The standard InChI is InChI=1S/C11H18N2O/c1-8(2)9-6-11(14,7-9)10-4-5-12-13(10)3/h4-5,8-9,14H,6-7H2,1-3H3. The van der Waals surface area contributed by atoms with E-state index in [2.05, 4.69) is 18.9 Å². The maximum atomic E-state index is 10.3. The Hall–Kier alpha value is -0.830. The molecule has 1 N–H and O–H groups in total. The number of aryl methyl sites for hydroxylation is 1. The SMILES string of the molecule is CC(C)C1CC(O)(c2ccnn2C)C1. The van der Waals surface area contributed by atoms with Gasteiger partial charge in [-0.3, -0.25) is 4.68 Å². The van der Waals surface area contributed by atoms with Gasteiger partial charge in [-0.1, -0.05) is 13.8 Å². The molecule has 0 amide bonds. The van der Waals surface area contributed by atoms with Crippen molar-refractivity contribution < 1.29 is 5.11 Å². The number of aromatic nitrogens is 2. The minimum atomic E-state index is -0.611. The molecule has 78 valence electrons. The summed E-state index contributed by atoms with van der Waals surface area (Å²) < 4.78 is 1.77. The Labute approximate surface area is 84.7 Å². The number of rotatable bonds is 2. The molecule has 1 aliphatic carbocycles. The van der Waals surface area contributed by atoms with E-state index in [1.807, 2.05) is 13.1 Å². The van der Waals surface area contributed by atoms with Crippen molar-refractivity contribution in [2.24, 2.45) is 18.9 Å². The van der Waals surface area contributed by atoms with E-state index < -0.39 is 5.60 Å². The fourth-order valence-corrected chi connectivity index (χ4v) is 2.32. The predicted molar refractivity (Wildman–Crippen MR) is 54.7 cm³/mol. The topological polar surface area (TPSA) is 38.1 Å². The van der Waals surface area contributed by atoms with Gasteiger partial charge < -0.3 is 5.11 Å². The monoisotopic (exact) mass is 194 g/mol. The minimum Gasteiger partial charge on any atom is -0.384 e. The first-order chi connectivity index (χ1) is 6.53. The number of hydrogen-bond donors (Lipinski definition) is 1. The van der Waals surface area contributed by atoms with E-state index >= 15 is 0 Å². The van der Waals surface area contributed by atoms with Crippen LogP contribution in [-0.2, 0) is 12.6 Å². The zero-order chi connectivity index (χ0) is 10.3. The minimum absolute atomic E-state index is 0.611. The molecular weight excluding hydrogens is 176 g/mol. The highest BCUT2D eigenvalue weighted by Crippen LogP contribution is 2.48. The van der Waals surface area contributed by atoms with Crippen molar-refractivity contribution in [1.82, 2.24) is 9.78 Å². The third-order valence-electron chi connectivity index (χ3n) is 3.44. The van der Waals surface area contributed by atoms with Crippen LogP contribution >= 0.6 is 0 Å². The van der Waals surface area contributed by atoms with Crippen LogP contribution in [0.5, 0.6) is 0 Å². The van der Waals surface area contributed by atoms with Crippen LogP contribution in [0.15, 0.2) is 12.3 Å². The molecule has 1 saturated carbocycles. The van der Waals surface area contributed by atoms with E-state index in [-0.39, 0.29) is 0 Å². The highest BCUT2D eigenvalue weighted by atomic mass is 16.3. The zero-order valence-electron chi connectivity index (χ0n) is 9.07. The predicted octanol–water partition coefficient (Wildman–Crippen LogP) is 1.67. The first-order valence-corrected chi connectivity index (χ1v) is 5.24. The van der Waals surface area contributed by atoms with Crippen molar-refractivity contribution in [3.8, 4) is 0 Å². The van der Waals surface area contributed by atoms with E-state index in [9.17, 15) is 5.11 Å². The van der Waals surface area contributed by atoms with Gasteiger partial charge in [0, 0.05) is 13.2 Å². The molecule has 3 nitrogen and oxygen atoms in total. The van der Waals surface area contributed by atoms with Crippen molar-refractivity contribution in [2.75, 3.05) is 0 Å². The van der Waals surface area contributed by atoms with Crippen LogP contribution in [0.25, 0.3) is 0 Å². The van der Waals surface area contributed by atoms with Gasteiger partial charge in [-0.05, 0) is 30.7 Å². The summed E-state index contributed by atoms with van der Waals surface area (Å²) in [7, 11) is 1.88. The molecule has 1 aromatic heterocycles. The molecule has 0 bridgehead atoms. The van der Waals surface area contributed by atoms with Crippen molar-refractivity contribution in [3.63, 3.8) is 0 Å². The van der Waals surface area contributed by atoms with Gasteiger partial charge in [0.05, 0.1) is 5.69 Å². The van der Waals surface area contributed by atoms with Crippen LogP contribution in [0, 0.1) is 11.8 Å². The Bertz CT molecular complexity index is 324. The summed E-state index contributed by atoms with van der Waals surface area (Å²) in [5.74, 6) is 1.33. The quantitative estimate of drug-likeness (QED) is 0.777. The lowest BCUT2D eigenvalue weighted by molar-refractivity contribution is -0.0988. The van der Waals surface area contributed by atoms with E-state index in [0.717, 1.165) is 18.5 Å². The van der Waals surface area contributed by atoms with E-state index in [0.29, 0.717) is 11.8 Å². The summed E-state index contributed by atoms with van der Waals surface area (Å²) in [6.45, 7) is 4.43. The lowest BCUT2D eigenvalue weighted by atomic mass is 9.65. The maximum Gasteiger partial charge on any atom is 0.107 e. The summed E-state index contributed by atoms with van der Waals surface area (Å²) in [5, 5.41) is 14.4. The van der Waals surface area contributed by atoms with Crippen molar-refractivity contribution in [1.29, 1.82) is 0 Å². The molecule has 3 heteroatoms. The highest BCUT2D eigenvalue weighted by Gasteiger charge is 2.46. The van der Waals surface area contributed by atoms with Crippen LogP contribution in [0.4, 0.5) is 0 Å². The average molecular weight is 194 g/mol. The Morgan fingerprint density at radius 1 is 1.57 bits per heavy atom. The summed E-state index contributed by atoms with van der Waals surface area (Å²) in [6.07, 6.45) is 3.50. The van der Waals surface area contributed by atoms with Gasteiger partial charge >= 0.3 is 0 Å². The molecule has 1 heterocycles. The molecule has 0 saturated heterocycles. The van der Waals surface area contributed by atoms with Gasteiger partial charge in [0.2, 0.25) is 0 Å². The van der Waals surface area contributed by atoms with Crippen LogP contribution in [0.1, 0.15) is 32.4 Å². The average Bonchev–Trinajstić information content (AvgIpc) is 2.45. The number of aliphatic hydroxyl groups is 1.